The molecule has 1 heterocycles. The summed E-state index contributed by atoms with van der Waals surface area (Å²) >= 11 is 1.64. The first-order valence-corrected chi connectivity index (χ1v) is 6.45. The van der Waals surface area contributed by atoms with Gasteiger partial charge in [-0.1, -0.05) is 11.8 Å². The third-order valence-electron chi connectivity index (χ3n) is 2.32. The molecule has 4 nitrogen and oxygen atoms in total. The second-order valence-electron chi connectivity index (χ2n) is 4.04. The van der Waals surface area contributed by atoms with Crippen LogP contribution >= 0.6 is 11.8 Å². The van der Waals surface area contributed by atoms with Gasteiger partial charge in [-0.25, -0.2) is 9.97 Å². The van der Waals surface area contributed by atoms with E-state index in [0.29, 0.717) is 6.54 Å². The maximum absolute atomic E-state index is 9.68. The van der Waals surface area contributed by atoms with Gasteiger partial charge < -0.3 is 10.8 Å². The molecule has 90 valence electrons. The number of nitrogens with zero attached hydrogens (tertiary/aromatic N) is 2. The van der Waals surface area contributed by atoms with Crippen molar-refractivity contribution in [3.8, 4) is 0 Å². The standard InChI is InChI=1S/C11H19N3OS/c1-11(15,9-12)5-2-3-8-16-10-13-6-4-7-14-10/h4,6-7,15H,2-3,5,8-9,12H2,1H3. The smallest absolute Gasteiger partial charge is 0.187 e. The lowest BCUT2D eigenvalue weighted by molar-refractivity contribution is 0.0577. The van der Waals surface area contributed by atoms with Gasteiger partial charge in [0.1, 0.15) is 0 Å². The van der Waals surface area contributed by atoms with Gasteiger partial charge in [-0.2, -0.15) is 0 Å². The van der Waals surface area contributed by atoms with E-state index in [9.17, 15) is 5.11 Å². The molecule has 1 unspecified atom stereocenters. The van der Waals surface area contributed by atoms with Crippen molar-refractivity contribution in [2.45, 2.75) is 36.9 Å². The first-order valence-electron chi connectivity index (χ1n) is 5.46. The predicted octanol–water partition coefficient (Wildman–Crippen LogP) is 1.45. The van der Waals surface area contributed by atoms with E-state index in [2.05, 4.69) is 9.97 Å². The minimum Gasteiger partial charge on any atom is -0.389 e. The molecule has 0 fully saturated rings. The summed E-state index contributed by atoms with van der Waals surface area (Å²) in [5, 5.41) is 10.5. The van der Waals surface area contributed by atoms with Gasteiger partial charge in [-0.3, -0.25) is 0 Å². The number of unbranched alkanes of at least 4 members (excludes halogenated alkanes) is 1. The van der Waals surface area contributed by atoms with E-state index in [0.717, 1.165) is 30.2 Å². The molecule has 0 aromatic carbocycles. The molecule has 0 aliphatic heterocycles. The lowest BCUT2D eigenvalue weighted by Gasteiger charge is -2.20. The van der Waals surface area contributed by atoms with Crippen LogP contribution in [0.3, 0.4) is 0 Å². The van der Waals surface area contributed by atoms with Crippen LogP contribution in [0.15, 0.2) is 23.6 Å². The van der Waals surface area contributed by atoms with E-state index >= 15 is 0 Å². The highest BCUT2D eigenvalue weighted by molar-refractivity contribution is 7.99. The minimum absolute atomic E-state index is 0.321. The zero-order chi connectivity index (χ0) is 11.9. The molecule has 0 saturated heterocycles. The van der Waals surface area contributed by atoms with Crippen molar-refractivity contribution < 1.29 is 5.11 Å². The van der Waals surface area contributed by atoms with Crippen LogP contribution in [0.2, 0.25) is 0 Å². The summed E-state index contributed by atoms with van der Waals surface area (Å²) in [6.45, 7) is 2.10. The highest BCUT2D eigenvalue weighted by Gasteiger charge is 2.16. The zero-order valence-corrected chi connectivity index (χ0v) is 10.4. The fraction of sp³-hybridized carbons (Fsp3) is 0.636. The Morgan fingerprint density at radius 1 is 1.38 bits per heavy atom. The van der Waals surface area contributed by atoms with Crippen LogP contribution in [0.25, 0.3) is 0 Å². The Kier molecular flexibility index (Phi) is 5.73. The van der Waals surface area contributed by atoms with Crippen molar-refractivity contribution in [3.05, 3.63) is 18.5 Å². The molecule has 1 aromatic rings. The molecule has 5 heteroatoms. The number of rotatable bonds is 7. The summed E-state index contributed by atoms with van der Waals surface area (Å²) in [5.74, 6) is 0.977. The molecular formula is C11H19N3OS. The fourth-order valence-electron chi connectivity index (χ4n) is 1.23. The second kappa shape index (κ2) is 6.83. The van der Waals surface area contributed by atoms with Gasteiger partial charge in [0.05, 0.1) is 5.60 Å². The predicted molar refractivity (Wildman–Crippen MR) is 66.3 cm³/mol. The molecule has 0 spiro atoms. The normalized spacial score (nSPS) is 14.7. The summed E-state index contributed by atoms with van der Waals surface area (Å²) < 4.78 is 0. The topological polar surface area (TPSA) is 72.0 Å². The Labute approximate surface area is 101 Å². The van der Waals surface area contributed by atoms with Crippen LogP contribution in [0.5, 0.6) is 0 Å². The Morgan fingerprint density at radius 2 is 2.06 bits per heavy atom. The Balaban J connectivity index is 2.09. The van der Waals surface area contributed by atoms with Gasteiger partial charge in [0.25, 0.3) is 0 Å². The monoisotopic (exact) mass is 241 g/mol. The van der Waals surface area contributed by atoms with Crippen molar-refractivity contribution >= 4 is 11.8 Å². The zero-order valence-electron chi connectivity index (χ0n) is 9.59. The summed E-state index contributed by atoms with van der Waals surface area (Å²) in [4.78, 5) is 8.25. The van der Waals surface area contributed by atoms with Crippen LogP contribution < -0.4 is 5.73 Å². The van der Waals surface area contributed by atoms with E-state index in [1.165, 1.54) is 0 Å². The molecule has 0 amide bonds. The van der Waals surface area contributed by atoms with E-state index in [1.54, 1.807) is 31.1 Å². The minimum atomic E-state index is -0.714. The highest BCUT2D eigenvalue weighted by Crippen LogP contribution is 2.17. The van der Waals surface area contributed by atoms with Crippen molar-refractivity contribution in [2.24, 2.45) is 5.73 Å². The summed E-state index contributed by atoms with van der Waals surface area (Å²) in [6.07, 6.45) is 6.26. The van der Waals surface area contributed by atoms with Gasteiger partial charge in [0, 0.05) is 24.7 Å². The number of aliphatic hydroxyl groups is 1. The average molecular weight is 241 g/mol. The SMILES string of the molecule is CC(O)(CN)CCCCSc1ncccn1. The fourth-order valence-corrected chi connectivity index (χ4v) is 2.04. The molecule has 0 aliphatic rings. The van der Waals surface area contributed by atoms with E-state index in [1.807, 2.05) is 6.07 Å². The van der Waals surface area contributed by atoms with Gasteiger partial charge >= 0.3 is 0 Å². The summed E-state index contributed by atoms with van der Waals surface area (Å²) in [6, 6.07) is 1.81. The van der Waals surface area contributed by atoms with Crippen molar-refractivity contribution in [2.75, 3.05) is 12.3 Å². The molecule has 16 heavy (non-hydrogen) atoms. The van der Waals surface area contributed by atoms with Crippen molar-refractivity contribution in [3.63, 3.8) is 0 Å². The van der Waals surface area contributed by atoms with Crippen LogP contribution in [-0.2, 0) is 0 Å². The Bertz CT molecular complexity index is 293. The van der Waals surface area contributed by atoms with Gasteiger partial charge in [0.15, 0.2) is 5.16 Å². The van der Waals surface area contributed by atoms with Crippen LogP contribution in [0, 0.1) is 0 Å². The maximum atomic E-state index is 9.68. The molecular weight excluding hydrogens is 222 g/mol. The maximum Gasteiger partial charge on any atom is 0.187 e. The van der Waals surface area contributed by atoms with E-state index in [-0.39, 0.29) is 0 Å². The van der Waals surface area contributed by atoms with E-state index in [4.69, 9.17) is 5.73 Å². The van der Waals surface area contributed by atoms with Gasteiger partial charge in [-0.05, 0) is 32.3 Å². The molecule has 1 atom stereocenters. The molecule has 1 aromatic heterocycles. The molecule has 1 rings (SSSR count). The highest BCUT2D eigenvalue weighted by atomic mass is 32.2. The molecule has 3 N–H and O–H groups in total. The number of hydrogen-bond acceptors (Lipinski definition) is 5. The van der Waals surface area contributed by atoms with Crippen LogP contribution in [0.4, 0.5) is 0 Å². The number of thioether (sulfide) groups is 1. The van der Waals surface area contributed by atoms with Gasteiger partial charge in [0.2, 0.25) is 0 Å². The van der Waals surface area contributed by atoms with Crippen LogP contribution in [-0.4, -0.2) is 33.0 Å². The Hall–Kier alpha value is -0.650. The summed E-state index contributed by atoms with van der Waals surface area (Å²) in [5.41, 5.74) is 4.72. The first kappa shape index (κ1) is 13.4. The number of nitrogens with two attached hydrogens (primary N) is 1. The lowest BCUT2D eigenvalue weighted by Crippen LogP contribution is -2.33. The number of aromatic nitrogens is 2. The average Bonchev–Trinajstić information content (AvgIpc) is 2.30. The van der Waals surface area contributed by atoms with Crippen molar-refractivity contribution in [1.82, 2.24) is 9.97 Å². The third-order valence-corrected chi connectivity index (χ3v) is 3.28. The Morgan fingerprint density at radius 3 is 2.69 bits per heavy atom. The number of hydrogen-bond donors (Lipinski definition) is 2. The largest absolute Gasteiger partial charge is 0.389 e. The second-order valence-corrected chi connectivity index (χ2v) is 5.10. The molecule has 0 bridgehead atoms. The molecule has 0 radical (unpaired) electrons. The lowest BCUT2D eigenvalue weighted by atomic mass is 10.00. The molecule has 0 saturated carbocycles. The van der Waals surface area contributed by atoms with E-state index < -0.39 is 5.60 Å². The first-order chi connectivity index (χ1) is 7.64. The quantitative estimate of drug-likeness (QED) is 0.429. The third kappa shape index (κ3) is 5.44. The summed E-state index contributed by atoms with van der Waals surface area (Å²) in [7, 11) is 0. The van der Waals surface area contributed by atoms with Crippen LogP contribution in [0.1, 0.15) is 26.2 Å². The molecule has 0 aliphatic carbocycles. The van der Waals surface area contributed by atoms with Crippen molar-refractivity contribution in [1.29, 1.82) is 0 Å². The van der Waals surface area contributed by atoms with Gasteiger partial charge in [-0.15, -0.1) is 0 Å².